The molecular weight excluding hydrogens is 373 g/mol. The van der Waals surface area contributed by atoms with Crippen LogP contribution >= 0.6 is 0 Å². The van der Waals surface area contributed by atoms with Crippen LogP contribution in [0.25, 0.3) is 21.5 Å². The average molecular weight is 398 g/mol. The fourth-order valence-corrected chi connectivity index (χ4v) is 4.46. The zero-order valence-electron chi connectivity index (χ0n) is 17.8. The van der Waals surface area contributed by atoms with E-state index in [0.29, 0.717) is 0 Å². The summed E-state index contributed by atoms with van der Waals surface area (Å²) in [7, 11) is 2.28. The molecule has 5 rings (SSSR count). The minimum absolute atomic E-state index is 0.0910. The molecule has 0 saturated heterocycles. The Morgan fingerprint density at radius 2 is 1.52 bits per heavy atom. The Hall–Kier alpha value is -3.52. The van der Waals surface area contributed by atoms with Crippen LogP contribution in [-0.2, 0) is 0 Å². The van der Waals surface area contributed by atoms with E-state index in [4.69, 9.17) is 0 Å². The van der Waals surface area contributed by atoms with E-state index in [9.17, 15) is 0 Å². The van der Waals surface area contributed by atoms with E-state index in [1.165, 1.54) is 32.6 Å². The minimum Gasteiger partial charge on any atom is -0.405 e. The van der Waals surface area contributed by atoms with Crippen molar-refractivity contribution in [2.45, 2.75) is 13.0 Å². The van der Waals surface area contributed by atoms with E-state index in [-0.39, 0.29) is 12.0 Å². The number of hydrogen-bond donors (Lipinski definition) is 0. The molecule has 0 N–H and O–H groups in total. The van der Waals surface area contributed by atoms with Crippen molar-refractivity contribution in [2.24, 2.45) is 5.92 Å². The summed E-state index contributed by atoms with van der Waals surface area (Å²) in [4.78, 5) is 2.30. The van der Waals surface area contributed by atoms with Gasteiger partial charge < -0.3 is 4.81 Å². The number of benzene rings is 3. The van der Waals surface area contributed by atoms with Crippen LogP contribution in [0.3, 0.4) is 0 Å². The van der Waals surface area contributed by atoms with Crippen molar-refractivity contribution in [1.29, 1.82) is 0 Å². The molecule has 2 aliphatic rings. The number of hydrogen-bond acceptors (Lipinski definition) is 1. The third-order valence-electron chi connectivity index (χ3n) is 6.26. The second-order valence-electron chi connectivity index (χ2n) is 8.31. The Kier molecular flexibility index (Phi) is 4.99. The second kappa shape index (κ2) is 7.96. The lowest BCUT2D eigenvalue weighted by atomic mass is 9.71. The summed E-state index contributed by atoms with van der Waals surface area (Å²) < 4.78 is 0. The highest BCUT2D eigenvalue weighted by atomic mass is 15.1. The van der Waals surface area contributed by atoms with Crippen LogP contribution in [0.15, 0.2) is 127 Å². The lowest BCUT2D eigenvalue weighted by Crippen LogP contribution is -2.44. The molecule has 0 bridgehead atoms. The van der Waals surface area contributed by atoms with Gasteiger partial charge in [-0.2, -0.15) is 0 Å². The van der Waals surface area contributed by atoms with Crippen LogP contribution in [0.5, 0.6) is 0 Å². The molecule has 0 aromatic heterocycles. The van der Waals surface area contributed by atoms with Crippen molar-refractivity contribution >= 4 is 34.4 Å². The minimum atomic E-state index is 0.0910. The molecule has 1 aliphatic heterocycles. The van der Waals surface area contributed by atoms with Crippen molar-refractivity contribution < 1.29 is 0 Å². The number of nitrogens with zero attached hydrogens (tertiary/aromatic N) is 1. The summed E-state index contributed by atoms with van der Waals surface area (Å²) in [5, 5.41) is 5.00. The quantitative estimate of drug-likeness (QED) is 0.365. The highest BCUT2D eigenvalue weighted by Gasteiger charge is 2.26. The number of rotatable bonds is 2. The van der Waals surface area contributed by atoms with Crippen LogP contribution in [0.1, 0.15) is 6.92 Å². The van der Waals surface area contributed by atoms with E-state index in [1.54, 1.807) is 0 Å². The zero-order valence-corrected chi connectivity index (χ0v) is 17.8. The average Bonchev–Trinajstić information content (AvgIpc) is 2.85. The molecule has 2 atom stereocenters. The van der Waals surface area contributed by atoms with Gasteiger partial charge in [0, 0.05) is 5.70 Å². The first-order valence-corrected chi connectivity index (χ1v) is 10.8. The molecule has 0 spiro atoms. The first-order chi connectivity index (χ1) is 15.1. The van der Waals surface area contributed by atoms with E-state index in [0.717, 1.165) is 11.3 Å². The Labute approximate surface area is 185 Å². The van der Waals surface area contributed by atoms with E-state index in [1.807, 2.05) is 0 Å². The van der Waals surface area contributed by atoms with Gasteiger partial charge in [0.2, 0.25) is 0 Å². The maximum atomic E-state index is 4.37. The maximum absolute atomic E-state index is 4.37. The third-order valence-corrected chi connectivity index (χ3v) is 6.26. The highest BCUT2D eigenvalue weighted by molar-refractivity contribution is 6.59. The second-order valence-corrected chi connectivity index (χ2v) is 8.31. The standard InChI is InChI=1S/C29H25BN/c1-20-10-4-9-15-28-25(18-21(20)2)17-16-22(3)31(28)30-29-26-13-7-5-11-23(26)19-24-12-6-8-14-27(24)29/h4-19,21,28H,1,3H2,2H3/b10-4-,15-9-,25-18+. The molecule has 1 radical (unpaired) electrons. The Morgan fingerprint density at radius 1 is 0.839 bits per heavy atom. The van der Waals surface area contributed by atoms with Crippen molar-refractivity contribution in [1.82, 2.24) is 4.81 Å². The SMILES string of the molecule is C=C1/C=C\C=C/C2/C(=C/C1C)C=CC(=C)N2[B]c1c2ccccc2cc2ccccc12. The first kappa shape index (κ1) is 19.4. The summed E-state index contributed by atoms with van der Waals surface area (Å²) in [6.45, 7) is 10.8. The predicted molar refractivity (Wildman–Crippen MR) is 135 cm³/mol. The van der Waals surface area contributed by atoms with Gasteiger partial charge in [0.05, 0.1) is 6.04 Å². The van der Waals surface area contributed by atoms with Gasteiger partial charge in [0.25, 0.3) is 7.41 Å². The molecule has 2 heteroatoms. The molecule has 3 aromatic rings. The fourth-order valence-electron chi connectivity index (χ4n) is 4.46. The smallest absolute Gasteiger partial charge is 0.287 e. The van der Waals surface area contributed by atoms with Gasteiger partial charge in [0.15, 0.2) is 0 Å². The molecule has 2 unspecified atom stereocenters. The van der Waals surface area contributed by atoms with Crippen molar-refractivity contribution in [3.05, 3.63) is 127 Å². The van der Waals surface area contributed by atoms with Crippen molar-refractivity contribution in [3.63, 3.8) is 0 Å². The van der Waals surface area contributed by atoms with Crippen LogP contribution in [0.2, 0.25) is 0 Å². The van der Waals surface area contributed by atoms with Gasteiger partial charge in [-0.15, -0.1) is 0 Å². The Bertz CT molecular complexity index is 1270. The topological polar surface area (TPSA) is 3.24 Å². The van der Waals surface area contributed by atoms with Gasteiger partial charge in [-0.25, -0.2) is 0 Å². The summed E-state index contributed by atoms with van der Waals surface area (Å²) in [6, 6.07) is 19.6. The molecule has 1 nitrogen and oxygen atoms in total. The van der Waals surface area contributed by atoms with Gasteiger partial charge in [-0.1, -0.05) is 105 Å². The normalized spacial score (nSPS) is 24.7. The van der Waals surface area contributed by atoms with Crippen LogP contribution in [0, 0.1) is 5.92 Å². The molecule has 0 saturated carbocycles. The van der Waals surface area contributed by atoms with E-state index in [2.05, 4.69) is 129 Å². The Balaban J connectivity index is 1.66. The summed E-state index contributed by atoms with van der Waals surface area (Å²) in [5.41, 5.74) is 4.59. The van der Waals surface area contributed by atoms with Crippen LogP contribution < -0.4 is 5.46 Å². The first-order valence-electron chi connectivity index (χ1n) is 10.8. The molecule has 3 aromatic carbocycles. The zero-order chi connectivity index (χ0) is 21.4. The fraction of sp³-hybridized carbons (Fsp3) is 0.103. The predicted octanol–water partition coefficient (Wildman–Crippen LogP) is 6.24. The van der Waals surface area contributed by atoms with Crippen molar-refractivity contribution in [2.75, 3.05) is 0 Å². The molecule has 1 aliphatic carbocycles. The molecule has 0 amide bonds. The third kappa shape index (κ3) is 3.59. The lowest BCUT2D eigenvalue weighted by molar-refractivity contribution is 0.518. The summed E-state index contributed by atoms with van der Waals surface area (Å²) >= 11 is 0. The maximum Gasteiger partial charge on any atom is 0.287 e. The van der Waals surface area contributed by atoms with Gasteiger partial charge >= 0.3 is 0 Å². The van der Waals surface area contributed by atoms with Crippen LogP contribution in [0.4, 0.5) is 0 Å². The van der Waals surface area contributed by atoms with E-state index < -0.39 is 0 Å². The number of fused-ring (bicyclic) bond motifs is 3. The van der Waals surface area contributed by atoms with E-state index >= 15 is 0 Å². The number of allylic oxidation sites excluding steroid dienone is 6. The molecule has 0 fully saturated rings. The van der Waals surface area contributed by atoms with Crippen LogP contribution in [-0.4, -0.2) is 18.3 Å². The molecule has 31 heavy (non-hydrogen) atoms. The van der Waals surface area contributed by atoms with Gasteiger partial charge in [-0.3, -0.25) is 0 Å². The summed E-state index contributed by atoms with van der Waals surface area (Å²) in [5.74, 6) is 0.282. The lowest BCUT2D eigenvalue weighted by Gasteiger charge is -2.37. The molecule has 1 heterocycles. The Morgan fingerprint density at radius 3 is 2.23 bits per heavy atom. The highest BCUT2D eigenvalue weighted by Crippen LogP contribution is 2.29. The molecule has 149 valence electrons. The monoisotopic (exact) mass is 398 g/mol. The van der Waals surface area contributed by atoms with Gasteiger partial charge in [-0.05, 0) is 56.2 Å². The largest absolute Gasteiger partial charge is 0.405 e. The summed E-state index contributed by atoms with van der Waals surface area (Å²) in [6.07, 6.45) is 15.2. The van der Waals surface area contributed by atoms with Crippen molar-refractivity contribution in [3.8, 4) is 0 Å². The van der Waals surface area contributed by atoms with Gasteiger partial charge in [0.1, 0.15) is 0 Å². The molecular formula is C29H25BN.